The van der Waals surface area contributed by atoms with E-state index in [9.17, 15) is 4.39 Å². The second kappa shape index (κ2) is 16.3. The molecule has 0 aromatic rings. The minimum absolute atomic E-state index is 0.193. The zero-order chi connectivity index (χ0) is 20.7. The standard InChI is InChI=1S/C22H39F.C3H8/c1-9-16(3)11-12-18(5)19(6)13-14-20(7)21(8)22(23)15-17(4)10-2;1-3-2/h15-16,18-20H,4,8-14H2,1-3,5-7H3;3H2,1-2H3/b22-15+;. The maximum atomic E-state index is 14.1. The number of hydrogen-bond acceptors (Lipinski definition) is 0. The Labute approximate surface area is 165 Å². The third kappa shape index (κ3) is 13.4. The van der Waals surface area contributed by atoms with Gasteiger partial charge in [0, 0.05) is 0 Å². The SMILES string of the molecule is C=C(/C=C(/F)C(=C)C(C)CCC(C)C(C)CCC(C)CC)CC.CCC. The van der Waals surface area contributed by atoms with Crippen molar-refractivity contribution >= 4 is 0 Å². The van der Waals surface area contributed by atoms with E-state index >= 15 is 0 Å². The highest BCUT2D eigenvalue weighted by atomic mass is 19.1. The lowest BCUT2D eigenvalue weighted by Gasteiger charge is -2.23. The molecule has 0 aromatic carbocycles. The van der Waals surface area contributed by atoms with E-state index in [1.807, 2.05) is 6.92 Å². The molecule has 0 fully saturated rings. The molecule has 0 aliphatic rings. The average Bonchev–Trinajstić information content (AvgIpc) is 2.62. The summed E-state index contributed by atoms with van der Waals surface area (Å²) in [5.74, 6) is 2.26. The van der Waals surface area contributed by atoms with Crippen molar-refractivity contribution < 1.29 is 4.39 Å². The van der Waals surface area contributed by atoms with Crippen molar-refractivity contribution in [3.8, 4) is 0 Å². The Balaban J connectivity index is 0. The summed E-state index contributed by atoms with van der Waals surface area (Å²) in [6, 6.07) is 0. The van der Waals surface area contributed by atoms with Crippen LogP contribution in [-0.4, -0.2) is 0 Å². The Hall–Kier alpha value is -0.850. The minimum atomic E-state index is -0.193. The fourth-order valence-corrected chi connectivity index (χ4v) is 2.62. The van der Waals surface area contributed by atoms with Crippen molar-refractivity contribution in [3.63, 3.8) is 0 Å². The van der Waals surface area contributed by atoms with Gasteiger partial charge in [0.25, 0.3) is 0 Å². The van der Waals surface area contributed by atoms with Gasteiger partial charge in [-0.15, -0.1) is 0 Å². The molecule has 0 nitrogen and oxygen atoms in total. The van der Waals surface area contributed by atoms with Gasteiger partial charge in [0.15, 0.2) is 0 Å². The zero-order valence-corrected chi connectivity index (χ0v) is 19.1. The Bertz CT molecular complexity index is 404. The molecule has 0 heterocycles. The van der Waals surface area contributed by atoms with Gasteiger partial charge in [-0.3, -0.25) is 0 Å². The monoisotopic (exact) mass is 366 g/mol. The molecule has 154 valence electrons. The van der Waals surface area contributed by atoms with E-state index in [-0.39, 0.29) is 11.7 Å². The number of halogens is 1. The fourth-order valence-electron chi connectivity index (χ4n) is 2.62. The summed E-state index contributed by atoms with van der Waals surface area (Å²) in [5, 5.41) is 0. The third-order valence-corrected chi connectivity index (χ3v) is 5.52. The summed E-state index contributed by atoms with van der Waals surface area (Å²) in [6.07, 6.45) is 9.61. The maximum Gasteiger partial charge on any atom is 0.126 e. The van der Waals surface area contributed by atoms with Crippen LogP contribution in [0.2, 0.25) is 0 Å². The van der Waals surface area contributed by atoms with Crippen LogP contribution in [0.1, 0.15) is 100 Å². The lowest BCUT2D eigenvalue weighted by atomic mass is 9.83. The normalized spacial score (nSPS) is 16.1. The summed E-state index contributed by atoms with van der Waals surface area (Å²) >= 11 is 0. The maximum absolute atomic E-state index is 14.1. The van der Waals surface area contributed by atoms with Crippen LogP contribution in [0.15, 0.2) is 36.2 Å². The van der Waals surface area contributed by atoms with Crippen LogP contribution in [0.4, 0.5) is 4.39 Å². The van der Waals surface area contributed by atoms with Gasteiger partial charge in [0.2, 0.25) is 0 Å². The molecule has 4 unspecified atom stereocenters. The molecule has 1 heteroatoms. The molecule has 0 radical (unpaired) electrons. The van der Waals surface area contributed by atoms with Crippen molar-refractivity contribution in [2.24, 2.45) is 23.7 Å². The van der Waals surface area contributed by atoms with Crippen molar-refractivity contribution in [1.82, 2.24) is 0 Å². The van der Waals surface area contributed by atoms with Crippen LogP contribution in [-0.2, 0) is 0 Å². The van der Waals surface area contributed by atoms with Crippen LogP contribution < -0.4 is 0 Å². The zero-order valence-electron chi connectivity index (χ0n) is 19.1. The van der Waals surface area contributed by atoms with Crippen LogP contribution in [0.25, 0.3) is 0 Å². The lowest BCUT2D eigenvalue weighted by Crippen LogP contribution is -2.11. The molecule has 0 aromatic heterocycles. The van der Waals surface area contributed by atoms with E-state index in [1.165, 1.54) is 31.8 Å². The first kappa shape index (κ1) is 27.4. The summed E-state index contributed by atoms with van der Waals surface area (Å²) in [7, 11) is 0. The van der Waals surface area contributed by atoms with Crippen LogP contribution in [0.5, 0.6) is 0 Å². The van der Waals surface area contributed by atoms with Crippen LogP contribution in [0.3, 0.4) is 0 Å². The molecule has 0 bridgehead atoms. The Morgan fingerprint density at radius 1 is 0.846 bits per heavy atom. The van der Waals surface area contributed by atoms with Gasteiger partial charge in [-0.2, -0.15) is 0 Å². The minimum Gasteiger partial charge on any atom is -0.207 e. The molecule has 26 heavy (non-hydrogen) atoms. The quantitative estimate of drug-likeness (QED) is 0.302. The molecule has 0 saturated heterocycles. The van der Waals surface area contributed by atoms with E-state index in [4.69, 9.17) is 0 Å². The summed E-state index contributed by atoms with van der Waals surface area (Å²) < 4.78 is 14.1. The topological polar surface area (TPSA) is 0 Å². The molecule has 0 amide bonds. The molecule has 0 saturated carbocycles. The molecule has 4 atom stereocenters. The van der Waals surface area contributed by atoms with Gasteiger partial charge in [-0.05, 0) is 54.6 Å². The summed E-state index contributed by atoms with van der Waals surface area (Å²) in [4.78, 5) is 0. The van der Waals surface area contributed by atoms with Crippen LogP contribution in [0, 0.1) is 23.7 Å². The fraction of sp³-hybridized carbons (Fsp3) is 0.760. The van der Waals surface area contributed by atoms with Gasteiger partial charge in [-0.1, -0.05) is 99.8 Å². The lowest BCUT2D eigenvalue weighted by molar-refractivity contribution is 0.300. The molecular weight excluding hydrogens is 319 g/mol. The summed E-state index contributed by atoms with van der Waals surface area (Å²) in [6.45, 7) is 25.4. The number of rotatable bonds is 12. The van der Waals surface area contributed by atoms with Crippen molar-refractivity contribution in [3.05, 3.63) is 36.2 Å². The predicted molar refractivity (Wildman–Crippen MR) is 119 cm³/mol. The van der Waals surface area contributed by atoms with E-state index in [1.54, 1.807) is 0 Å². The van der Waals surface area contributed by atoms with Crippen LogP contribution >= 0.6 is 0 Å². The second-order valence-electron chi connectivity index (χ2n) is 8.26. The first-order chi connectivity index (χ1) is 12.1. The van der Waals surface area contributed by atoms with Crippen molar-refractivity contribution in [1.29, 1.82) is 0 Å². The van der Waals surface area contributed by atoms with E-state index in [0.717, 1.165) is 36.7 Å². The highest BCUT2D eigenvalue weighted by molar-refractivity contribution is 5.30. The Morgan fingerprint density at radius 3 is 1.73 bits per heavy atom. The van der Waals surface area contributed by atoms with Gasteiger partial charge >= 0.3 is 0 Å². The number of hydrogen-bond donors (Lipinski definition) is 0. The third-order valence-electron chi connectivity index (χ3n) is 5.52. The Kier molecular flexibility index (Phi) is 17.2. The van der Waals surface area contributed by atoms with Crippen molar-refractivity contribution in [2.75, 3.05) is 0 Å². The smallest absolute Gasteiger partial charge is 0.126 e. The average molecular weight is 367 g/mol. The van der Waals surface area contributed by atoms with Crippen molar-refractivity contribution in [2.45, 2.75) is 100 Å². The molecule has 0 aliphatic carbocycles. The molecule has 0 N–H and O–H groups in total. The first-order valence-electron chi connectivity index (χ1n) is 10.9. The van der Waals surface area contributed by atoms with Gasteiger partial charge < -0.3 is 0 Å². The predicted octanol–water partition coefficient (Wildman–Crippen LogP) is 9.29. The van der Waals surface area contributed by atoms with Gasteiger partial charge in [0.1, 0.15) is 5.83 Å². The summed E-state index contributed by atoms with van der Waals surface area (Å²) in [5.41, 5.74) is 1.45. The highest BCUT2D eigenvalue weighted by Gasteiger charge is 2.17. The number of allylic oxidation sites excluding steroid dienone is 4. The molecular formula is C25H47F. The van der Waals surface area contributed by atoms with E-state index in [0.29, 0.717) is 11.5 Å². The second-order valence-corrected chi connectivity index (χ2v) is 8.26. The van der Waals surface area contributed by atoms with E-state index in [2.05, 4.69) is 61.6 Å². The van der Waals surface area contributed by atoms with E-state index < -0.39 is 0 Å². The van der Waals surface area contributed by atoms with Gasteiger partial charge in [-0.25, -0.2) is 4.39 Å². The highest BCUT2D eigenvalue weighted by Crippen LogP contribution is 2.29. The largest absolute Gasteiger partial charge is 0.207 e. The first-order valence-corrected chi connectivity index (χ1v) is 10.9. The molecule has 0 spiro atoms. The molecule has 0 aliphatic heterocycles. The Morgan fingerprint density at radius 2 is 1.31 bits per heavy atom. The molecule has 0 rings (SSSR count). The van der Waals surface area contributed by atoms with Gasteiger partial charge in [0.05, 0.1) is 0 Å².